The van der Waals surface area contributed by atoms with Gasteiger partial charge in [-0.3, -0.25) is 0 Å². The minimum Gasteiger partial charge on any atom is -0.396 e. The van der Waals surface area contributed by atoms with Gasteiger partial charge in [0.1, 0.15) is 0 Å². The first-order valence-corrected chi connectivity index (χ1v) is 8.22. The lowest BCUT2D eigenvalue weighted by atomic mass is 10.2. The summed E-state index contributed by atoms with van der Waals surface area (Å²) in [7, 11) is -0.139. The molecule has 0 amide bonds. The molecular weight excluding hydrogens is 152 g/mol. The standard InChI is InChI=1S/C6H14O.C3H10Si/c1-2-3-4-5-6-7;1-4(2)3/h7H,2-6H2,1H3;4H,1-3H3. The number of hydrogen-bond acceptors (Lipinski definition) is 1. The Morgan fingerprint density at radius 2 is 1.45 bits per heavy atom. The van der Waals surface area contributed by atoms with Crippen LogP contribution < -0.4 is 0 Å². The van der Waals surface area contributed by atoms with Crippen molar-refractivity contribution in [1.82, 2.24) is 0 Å². The molecule has 0 spiro atoms. The van der Waals surface area contributed by atoms with Crippen LogP contribution in [0.15, 0.2) is 0 Å². The van der Waals surface area contributed by atoms with Gasteiger partial charge in [-0.2, -0.15) is 0 Å². The van der Waals surface area contributed by atoms with E-state index in [0.717, 1.165) is 6.42 Å². The lowest BCUT2D eigenvalue weighted by molar-refractivity contribution is 0.283. The fraction of sp³-hybridized carbons (Fsp3) is 1.00. The zero-order valence-corrected chi connectivity index (χ0v) is 9.71. The van der Waals surface area contributed by atoms with Gasteiger partial charge >= 0.3 is 0 Å². The van der Waals surface area contributed by atoms with E-state index in [9.17, 15) is 0 Å². The number of hydrogen-bond donors (Lipinski definition) is 1. The molecular formula is C9H24OSi. The Balaban J connectivity index is 0. The third-order valence-corrected chi connectivity index (χ3v) is 1.01. The van der Waals surface area contributed by atoms with Crippen LogP contribution in [0.25, 0.3) is 0 Å². The summed E-state index contributed by atoms with van der Waals surface area (Å²) in [5, 5.41) is 8.29. The predicted octanol–water partition coefficient (Wildman–Crippen LogP) is 2.66. The Morgan fingerprint density at radius 1 is 1.00 bits per heavy atom. The Hall–Kier alpha value is 0.177. The summed E-state index contributed by atoms with van der Waals surface area (Å²) in [6.07, 6.45) is 4.68. The lowest BCUT2D eigenvalue weighted by Gasteiger charge is -1.90. The summed E-state index contributed by atoms with van der Waals surface area (Å²) >= 11 is 0. The average molecular weight is 176 g/mol. The van der Waals surface area contributed by atoms with E-state index in [1.54, 1.807) is 0 Å². The summed E-state index contributed by atoms with van der Waals surface area (Å²) in [4.78, 5) is 0. The monoisotopic (exact) mass is 176 g/mol. The Bertz CT molecular complexity index is 48.8. The summed E-state index contributed by atoms with van der Waals surface area (Å²) in [5.41, 5.74) is 0. The van der Waals surface area contributed by atoms with Crippen molar-refractivity contribution in [1.29, 1.82) is 0 Å². The summed E-state index contributed by atoms with van der Waals surface area (Å²) in [5.74, 6) is 0. The predicted molar refractivity (Wildman–Crippen MR) is 56.0 cm³/mol. The first-order chi connectivity index (χ1) is 5.15. The van der Waals surface area contributed by atoms with E-state index in [2.05, 4.69) is 26.6 Å². The van der Waals surface area contributed by atoms with Crippen molar-refractivity contribution >= 4 is 8.80 Å². The van der Waals surface area contributed by atoms with E-state index < -0.39 is 0 Å². The smallest absolute Gasteiger partial charge is 0.0431 e. The highest BCUT2D eigenvalue weighted by Crippen LogP contribution is 1.95. The minimum absolute atomic E-state index is 0.139. The first-order valence-electron chi connectivity index (χ1n) is 4.76. The van der Waals surface area contributed by atoms with Crippen molar-refractivity contribution in [3.8, 4) is 0 Å². The third-order valence-electron chi connectivity index (χ3n) is 1.01. The minimum atomic E-state index is -0.139. The van der Waals surface area contributed by atoms with Gasteiger partial charge in [0.05, 0.1) is 0 Å². The summed E-state index contributed by atoms with van der Waals surface area (Å²) in [6, 6.07) is 0. The SMILES string of the molecule is CCCCCCO.C[SiH](C)C. The molecule has 0 saturated carbocycles. The fourth-order valence-corrected chi connectivity index (χ4v) is 0.539. The zero-order valence-electron chi connectivity index (χ0n) is 8.56. The Kier molecular flexibility index (Phi) is 16.0. The van der Waals surface area contributed by atoms with Gasteiger partial charge in [-0.1, -0.05) is 45.8 Å². The molecule has 0 aliphatic rings. The quantitative estimate of drug-likeness (QED) is 0.516. The first kappa shape index (κ1) is 13.7. The molecule has 11 heavy (non-hydrogen) atoms. The van der Waals surface area contributed by atoms with Crippen LogP contribution >= 0.6 is 0 Å². The van der Waals surface area contributed by atoms with E-state index in [4.69, 9.17) is 5.11 Å². The molecule has 70 valence electrons. The maximum absolute atomic E-state index is 8.29. The van der Waals surface area contributed by atoms with Gasteiger partial charge in [-0.25, -0.2) is 0 Å². The van der Waals surface area contributed by atoms with Gasteiger partial charge < -0.3 is 5.11 Å². The van der Waals surface area contributed by atoms with Crippen LogP contribution in [0, 0.1) is 0 Å². The molecule has 0 radical (unpaired) electrons. The molecule has 0 unspecified atom stereocenters. The van der Waals surface area contributed by atoms with E-state index in [-0.39, 0.29) is 8.80 Å². The highest BCUT2D eigenvalue weighted by atomic mass is 28.3. The van der Waals surface area contributed by atoms with Crippen molar-refractivity contribution in [3.05, 3.63) is 0 Å². The molecule has 0 aromatic carbocycles. The highest BCUT2D eigenvalue weighted by Gasteiger charge is 1.80. The Labute approximate surface area is 73.4 Å². The van der Waals surface area contributed by atoms with E-state index in [0.29, 0.717) is 6.61 Å². The summed E-state index contributed by atoms with van der Waals surface area (Å²) in [6.45, 7) is 9.44. The van der Waals surface area contributed by atoms with Crippen LogP contribution in [0.4, 0.5) is 0 Å². The second kappa shape index (κ2) is 12.8. The van der Waals surface area contributed by atoms with Crippen LogP contribution in [-0.4, -0.2) is 20.5 Å². The van der Waals surface area contributed by atoms with Gasteiger partial charge in [0.25, 0.3) is 0 Å². The average Bonchev–Trinajstić information content (AvgIpc) is 1.88. The molecule has 0 atom stereocenters. The molecule has 1 nitrogen and oxygen atoms in total. The fourth-order valence-electron chi connectivity index (χ4n) is 0.539. The molecule has 0 aromatic heterocycles. The summed E-state index contributed by atoms with van der Waals surface area (Å²) < 4.78 is 0. The zero-order chi connectivity index (χ0) is 9.11. The number of unbranched alkanes of at least 4 members (excludes halogenated alkanes) is 3. The molecule has 0 bridgehead atoms. The number of rotatable bonds is 4. The molecule has 0 fully saturated rings. The van der Waals surface area contributed by atoms with Gasteiger partial charge in [0, 0.05) is 15.4 Å². The van der Waals surface area contributed by atoms with Crippen LogP contribution in [-0.2, 0) is 0 Å². The van der Waals surface area contributed by atoms with Gasteiger partial charge in [-0.05, 0) is 6.42 Å². The molecule has 0 rings (SSSR count). The van der Waals surface area contributed by atoms with Crippen LogP contribution in [0.3, 0.4) is 0 Å². The molecule has 0 aliphatic carbocycles. The van der Waals surface area contributed by atoms with E-state index in [1.165, 1.54) is 19.3 Å². The molecule has 1 N–H and O–H groups in total. The molecule has 0 aromatic rings. The molecule has 0 saturated heterocycles. The van der Waals surface area contributed by atoms with E-state index >= 15 is 0 Å². The molecule has 0 heterocycles. The van der Waals surface area contributed by atoms with Crippen molar-refractivity contribution in [2.45, 2.75) is 52.2 Å². The van der Waals surface area contributed by atoms with Crippen molar-refractivity contribution < 1.29 is 5.11 Å². The van der Waals surface area contributed by atoms with Gasteiger partial charge in [0.2, 0.25) is 0 Å². The van der Waals surface area contributed by atoms with Crippen molar-refractivity contribution in [2.24, 2.45) is 0 Å². The third kappa shape index (κ3) is 39.0. The van der Waals surface area contributed by atoms with Crippen LogP contribution in [0.5, 0.6) is 0 Å². The second-order valence-corrected chi connectivity index (χ2v) is 6.98. The van der Waals surface area contributed by atoms with Gasteiger partial charge in [-0.15, -0.1) is 0 Å². The van der Waals surface area contributed by atoms with Crippen LogP contribution in [0.2, 0.25) is 19.6 Å². The van der Waals surface area contributed by atoms with Crippen LogP contribution in [0.1, 0.15) is 32.6 Å². The normalized spacial score (nSPS) is 9.27. The second-order valence-electron chi connectivity index (χ2n) is 3.52. The number of aliphatic hydroxyl groups is 1. The topological polar surface area (TPSA) is 20.2 Å². The molecule has 2 heteroatoms. The van der Waals surface area contributed by atoms with Crippen molar-refractivity contribution in [2.75, 3.05) is 6.61 Å². The lowest BCUT2D eigenvalue weighted by Crippen LogP contribution is -1.84. The van der Waals surface area contributed by atoms with E-state index in [1.807, 2.05) is 0 Å². The maximum atomic E-state index is 8.29. The highest BCUT2D eigenvalue weighted by molar-refractivity contribution is 6.54. The maximum Gasteiger partial charge on any atom is 0.0431 e. The largest absolute Gasteiger partial charge is 0.396 e. The van der Waals surface area contributed by atoms with Gasteiger partial charge in [0.15, 0.2) is 0 Å². The van der Waals surface area contributed by atoms with Crippen molar-refractivity contribution in [3.63, 3.8) is 0 Å². The Morgan fingerprint density at radius 3 is 1.73 bits per heavy atom. The molecule has 0 aliphatic heterocycles. The number of aliphatic hydroxyl groups excluding tert-OH is 1.